The number of benzene rings is 1. The summed E-state index contributed by atoms with van der Waals surface area (Å²) in [5.41, 5.74) is 3.92. The van der Waals surface area contributed by atoms with Crippen molar-refractivity contribution < 1.29 is 19.1 Å². The van der Waals surface area contributed by atoms with E-state index in [0.717, 1.165) is 42.4 Å². The van der Waals surface area contributed by atoms with Gasteiger partial charge in [0.1, 0.15) is 5.70 Å². The molecule has 0 aromatic heterocycles. The zero-order chi connectivity index (χ0) is 22.1. The third-order valence-corrected chi connectivity index (χ3v) is 5.48. The van der Waals surface area contributed by atoms with E-state index < -0.39 is 0 Å². The molecule has 0 saturated carbocycles. The lowest BCUT2D eigenvalue weighted by atomic mass is 9.97. The molecule has 0 bridgehead atoms. The average molecular weight is 417 g/mol. The molecule has 0 radical (unpaired) electrons. The minimum atomic E-state index is -0.210. The zero-order valence-corrected chi connectivity index (χ0v) is 19.1. The molecule has 30 heavy (non-hydrogen) atoms. The van der Waals surface area contributed by atoms with Crippen LogP contribution in [0, 0.1) is 13.8 Å². The van der Waals surface area contributed by atoms with Gasteiger partial charge in [0.05, 0.1) is 18.8 Å². The Labute approximate surface area is 180 Å². The van der Waals surface area contributed by atoms with E-state index in [1.807, 2.05) is 30.9 Å². The molecule has 1 heterocycles. The summed E-state index contributed by atoms with van der Waals surface area (Å²) >= 11 is 0. The van der Waals surface area contributed by atoms with Gasteiger partial charge in [-0.25, -0.2) is 0 Å². The van der Waals surface area contributed by atoms with Crippen LogP contribution in [0.25, 0.3) is 5.57 Å². The Bertz CT molecular complexity index is 764. The maximum atomic E-state index is 13.4. The topological polar surface area (TPSA) is 59.1 Å². The summed E-state index contributed by atoms with van der Waals surface area (Å²) in [5.74, 6) is -0.406. The molecule has 0 aliphatic carbocycles. The van der Waals surface area contributed by atoms with E-state index in [-0.39, 0.29) is 11.8 Å². The van der Waals surface area contributed by atoms with E-state index in [1.165, 1.54) is 4.90 Å². The normalized spacial score (nSPS) is 14.2. The van der Waals surface area contributed by atoms with Crippen LogP contribution in [0.5, 0.6) is 0 Å². The van der Waals surface area contributed by atoms with Crippen molar-refractivity contribution in [3.63, 3.8) is 0 Å². The highest BCUT2D eigenvalue weighted by Gasteiger charge is 2.41. The molecule has 0 unspecified atom stereocenters. The van der Waals surface area contributed by atoms with Crippen molar-refractivity contribution >= 4 is 17.4 Å². The van der Waals surface area contributed by atoms with Gasteiger partial charge in [-0.3, -0.25) is 14.5 Å². The lowest BCUT2D eigenvalue weighted by molar-refractivity contribution is -0.137. The van der Waals surface area contributed by atoms with Crippen molar-refractivity contribution in [3.8, 4) is 0 Å². The number of aryl methyl sites for hydroxylation is 2. The molecule has 1 aromatic rings. The number of imide groups is 1. The fraction of sp³-hybridized carbons (Fsp3) is 0.583. The fourth-order valence-electron chi connectivity index (χ4n) is 3.83. The highest BCUT2D eigenvalue weighted by Crippen LogP contribution is 2.33. The molecule has 2 amide bonds. The summed E-state index contributed by atoms with van der Waals surface area (Å²) < 4.78 is 10.5. The monoisotopic (exact) mass is 416 g/mol. The number of nitrogens with zero attached hydrogens (tertiary/aromatic N) is 2. The second kappa shape index (κ2) is 11.9. The third kappa shape index (κ3) is 5.70. The van der Waals surface area contributed by atoms with Crippen LogP contribution >= 0.6 is 0 Å². The van der Waals surface area contributed by atoms with Crippen LogP contribution in [0.3, 0.4) is 0 Å². The number of carbonyl (C=O) groups is 2. The van der Waals surface area contributed by atoms with Gasteiger partial charge in [-0.1, -0.05) is 49.9 Å². The number of unbranched alkanes of at least 4 members (excludes halogenated alkanes) is 3. The molecule has 0 spiro atoms. The van der Waals surface area contributed by atoms with E-state index in [4.69, 9.17) is 9.47 Å². The highest BCUT2D eigenvalue weighted by atomic mass is 16.5. The molecule has 0 N–H and O–H groups in total. The third-order valence-electron chi connectivity index (χ3n) is 5.48. The quantitative estimate of drug-likeness (QED) is 0.363. The van der Waals surface area contributed by atoms with Crippen LogP contribution in [-0.4, -0.2) is 68.7 Å². The largest absolute Gasteiger partial charge is 0.383 e. The molecule has 166 valence electrons. The first-order valence-electron chi connectivity index (χ1n) is 10.9. The van der Waals surface area contributed by atoms with Crippen LogP contribution in [0.4, 0.5) is 0 Å². The highest BCUT2D eigenvalue weighted by molar-refractivity contribution is 6.35. The number of amides is 2. The van der Waals surface area contributed by atoms with Crippen LogP contribution < -0.4 is 0 Å². The Morgan fingerprint density at radius 1 is 0.933 bits per heavy atom. The Kier molecular flexibility index (Phi) is 9.53. The predicted octanol–water partition coefficient (Wildman–Crippen LogP) is 3.56. The molecule has 0 fully saturated rings. The number of carbonyl (C=O) groups excluding carboxylic acids is 2. The van der Waals surface area contributed by atoms with Crippen molar-refractivity contribution in [2.24, 2.45) is 0 Å². The SMILES string of the molecule is CCCCCCN1C(=O)C(c2ccc(C)cc2C)=C(N(CCOC)CCOC)C1=O. The second-order valence-corrected chi connectivity index (χ2v) is 7.84. The van der Waals surface area contributed by atoms with E-state index in [2.05, 4.69) is 13.0 Å². The standard InChI is InChI=1S/C24H36N2O4/c1-6-7-8-9-12-26-23(27)21(20-11-10-18(2)17-19(20)3)22(24(26)28)25(13-15-29-4)14-16-30-5/h10-11,17H,6-9,12-16H2,1-5H3. The Hall–Kier alpha value is -2.18. The van der Waals surface area contributed by atoms with E-state index in [1.54, 1.807) is 14.2 Å². The lowest BCUT2D eigenvalue weighted by Gasteiger charge is -2.26. The summed E-state index contributed by atoms with van der Waals surface area (Å²) in [6.45, 7) is 8.58. The minimum Gasteiger partial charge on any atom is -0.383 e. The van der Waals surface area contributed by atoms with Gasteiger partial charge in [0.2, 0.25) is 0 Å². The summed E-state index contributed by atoms with van der Waals surface area (Å²) in [6, 6.07) is 6.00. The lowest BCUT2D eigenvalue weighted by Crippen LogP contribution is -2.38. The number of methoxy groups -OCH3 is 2. The van der Waals surface area contributed by atoms with Crippen molar-refractivity contribution in [1.29, 1.82) is 0 Å². The maximum Gasteiger partial charge on any atom is 0.277 e. The van der Waals surface area contributed by atoms with Gasteiger partial charge in [-0.05, 0) is 31.4 Å². The number of hydrogen-bond donors (Lipinski definition) is 0. The first-order chi connectivity index (χ1) is 14.5. The smallest absolute Gasteiger partial charge is 0.277 e. The van der Waals surface area contributed by atoms with Gasteiger partial charge in [-0.15, -0.1) is 0 Å². The molecule has 0 saturated heterocycles. The molecule has 1 aliphatic rings. The van der Waals surface area contributed by atoms with Crippen molar-refractivity contribution in [2.75, 3.05) is 47.1 Å². The molecular weight excluding hydrogens is 380 g/mol. The van der Waals surface area contributed by atoms with E-state index >= 15 is 0 Å². The summed E-state index contributed by atoms with van der Waals surface area (Å²) in [6.07, 6.45) is 4.06. The van der Waals surface area contributed by atoms with Crippen LogP contribution in [0.15, 0.2) is 23.9 Å². The van der Waals surface area contributed by atoms with Gasteiger partial charge < -0.3 is 14.4 Å². The summed E-state index contributed by atoms with van der Waals surface area (Å²) in [4.78, 5) is 30.2. The van der Waals surface area contributed by atoms with Crippen molar-refractivity contribution in [3.05, 3.63) is 40.6 Å². The number of ether oxygens (including phenoxy) is 2. The Morgan fingerprint density at radius 3 is 2.17 bits per heavy atom. The van der Waals surface area contributed by atoms with E-state index in [0.29, 0.717) is 44.1 Å². The average Bonchev–Trinajstić information content (AvgIpc) is 2.96. The van der Waals surface area contributed by atoms with Crippen molar-refractivity contribution in [1.82, 2.24) is 9.80 Å². The van der Waals surface area contributed by atoms with Crippen LogP contribution in [-0.2, 0) is 19.1 Å². The molecular formula is C24H36N2O4. The maximum absolute atomic E-state index is 13.4. The Balaban J connectivity index is 2.47. The predicted molar refractivity (Wildman–Crippen MR) is 119 cm³/mol. The summed E-state index contributed by atoms with van der Waals surface area (Å²) in [5, 5.41) is 0. The van der Waals surface area contributed by atoms with Gasteiger partial charge in [0.15, 0.2) is 0 Å². The number of hydrogen-bond acceptors (Lipinski definition) is 5. The first kappa shape index (κ1) is 24.1. The second-order valence-electron chi connectivity index (χ2n) is 7.84. The minimum absolute atomic E-state index is 0.196. The van der Waals surface area contributed by atoms with E-state index in [9.17, 15) is 9.59 Å². The fourth-order valence-corrected chi connectivity index (χ4v) is 3.83. The van der Waals surface area contributed by atoms with Crippen LogP contribution in [0.2, 0.25) is 0 Å². The molecule has 1 aromatic carbocycles. The molecule has 2 rings (SSSR count). The summed E-state index contributed by atoms with van der Waals surface area (Å²) in [7, 11) is 3.27. The molecule has 0 atom stereocenters. The van der Waals surface area contributed by atoms with Gasteiger partial charge >= 0.3 is 0 Å². The van der Waals surface area contributed by atoms with Gasteiger partial charge in [0.25, 0.3) is 11.8 Å². The van der Waals surface area contributed by atoms with Crippen molar-refractivity contribution in [2.45, 2.75) is 46.5 Å². The van der Waals surface area contributed by atoms with Gasteiger partial charge in [-0.2, -0.15) is 0 Å². The molecule has 6 nitrogen and oxygen atoms in total. The van der Waals surface area contributed by atoms with Gasteiger partial charge in [0, 0.05) is 33.9 Å². The molecule has 6 heteroatoms. The zero-order valence-electron chi connectivity index (χ0n) is 19.1. The first-order valence-corrected chi connectivity index (χ1v) is 10.9. The Morgan fingerprint density at radius 2 is 1.60 bits per heavy atom. The van der Waals surface area contributed by atoms with Crippen LogP contribution in [0.1, 0.15) is 49.3 Å². The molecule has 1 aliphatic heterocycles. The number of rotatable bonds is 13.